The molecule has 5 heteroatoms. The van der Waals surface area contributed by atoms with E-state index in [0.29, 0.717) is 5.92 Å². The van der Waals surface area contributed by atoms with Crippen LogP contribution in [-0.2, 0) is 0 Å². The third kappa shape index (κ3) is 2.66. The zero-order valence-corrected chi connectivity index (χ0v) is 10.1. The van der Waals surface area contributed by atoms with Crippen LogP contribution in [-0.4, -0.2) is 32.8 Å². The zero-order valence-electron chi connectivity index (χ0n) is 10.1. The molecule has 0 saturated heterocycles. The Morgan fingerprint density at radius 1 is 1.59 bits per heavy atom. The van der Waals surface area contributed by atoms with Gasteiger partial charge in [-0.1, -0.05) is 6.92 Å². The van der Waals surface area contributed by atoms with Crippen LogP contribution in [0, 0.1) is 5.92 Å². The molecule has 94 valence electrons. The van der Waals surface area contributed by atoms with Gasteiger partial charge in [-0.2, -0.15) is 0 Å². The Labute approximate surface area is 101 Å². The molecule has 0 unspecified atom stereocenters. The fourth-order valence-electron chi connectivity index (χ4n) is 2.31. The first-order valence-corrected chi connectivity index (χ1v) is 6.06. The number of amides is 1. The van der Waals surface area contributed by atoms with E-state index >= 15 is 0 Å². The molecule has 1 aliphatic rings. The van der Waals surface area contributed by atoms with Crippen molar-refractivity contribution in [2.45, 2.75) is 38.1 Å². The Morgan fingerprint density at radius 3 is 2.82 bits per heavy atom. The van der Waals surface area contributed by atoms with E-state index < -0.39 is 5.54 Å². The maximum absolute atomic E-state index is 11.9. The van der Waals surface area contributed by atoms with E-state index in [9.17, 15) is 9.90 Å². The summed E-state index contributed by atoms with van der Waals surface area (Å²) < 4.78 is 1.40. The largest absolute Gasteiger partial charge is 0.394 e. The summed E-state index contributed by atoms with van der Waals surface area (Å²) in [5.74, 6) is 0.680. The lowest BCUT2D eigenvalue weighted by Crippen LogP contribution is -2.54. The van der Waals surface area contributed by atoms with E-state index in [1.807, 2.05) is 0 Å². The molecule has 2 rings (SSSR count). The molecule has 0 spiro atoms. The first kappa shape index (κ1) is 12.1. The molecule has 1 saturated carbocycles. The van der Waals surface area contributed by atoms with Crippen molar-refractivity contribution < 1.29 is 9.90 Å². The Balaban J connectivity index is 2.02. The fraction of sp³-hybridized carbons (Fsp3) is 0.667. The van der Waals surface area contributed by atoms with E-state index in [2.05, 4.69) is 17.2 Å². The monoisotopic (exact) mass is 237 g/mol. The number of hydrogen-bond acceptors (Lipinski definition) is 3. The van der Waals surface area contributed by atoms with Gasteiger partial charge in [0.2, 0.25) is 0 Å². The SMILES string of the molecule is CC1CCC(CO)(NC(=O)n2ccnc2)CC1. The van der Waals surface area contributed by atoms with Gasteiger partial charge in [0.05, 0.1) is 12.1 Å². The number of carbonyl (C=O) groups is 1. The highest BCUT2D eigenvalue weighted by Gasteiger charge is 2.35. The van der Waals surface area contributed by atoms with E-state index in [-0.39, 0.29) is 12.6 Å². The molecule has 1 amide bonds. The molecule has 1 aromatic heterocycles. The van der Waals surface area contributed by atoms with E-state index in [4.69, 9.17) is 0 Å². The van der Waals surface area contributed by atoms with Crippen LogP contribution in [0.5, 0.6) is 0 Å². The van der Waals surface area contributed by atoms with Crippen LogP contribution in [0.15, 0.2) is 18.7 Å². The normalized spacial score (nSPS) is 28.9. The van der Waals surface area contributed by atoms with Gasteiger partial charge in [0.15, 0.2) is 0 Å². The van der Waals surface area contributed by atoms with Gasteiger partial charge in [0.1, 0.15) is 6.33 Å². The van der Waals surface area contributed by atoms with Crippen molar-refractivity contribution in [3.05, 3.63) is 18.7 Å². The second kappa shape index (κ2) is 4.87. The summed E-state index contributed by atoms with van der Waals surface area (Å²) in [6.07, 6.45) is 8.40. The minimum absolute atomic E-state index is 0.000156. The number of imidazole rings is 1. The summed E-state index contributed by atoms with van der Waals surface area (Å²) in [5, 5.41) is 12.5. The first-order valence-electron chi connectivity index (χ1n) is 6.06. The van der Waals surface area contributed by atoms with Gasteiger partial charge in [-0.15, -0.1) is 0 Å². The highest BCUT2D eigenvalue weighted by Crippen LogP contribution is 2.31. The summed E-state index contributed by atoms with van der Waals surface area (Å²) in [4.78, 5) is 15.8. The molecular weight excluding hydrogens is 218 g/mol. The van der Waals surface area contributed by atoms with Gasteiger partial charge < -0.3 is 10.4 Å². The van der Waals surface area contributed by atoms with Gasteiger partial charge in [0.25, 0.3) is 0 Å². The third-order valence-electron chi connectivity index (χ3n) is 3.65. The predicted octanol–water partition coefficient (Wildman–Crippen LogP) is 1.38. The van der Waals surface area contributed by atoms with Crippen molar-refractivity contribution in [2.75, 3.05) is 6.61 Å². The van der Waals surface area contributed by atoms with Crippen LogP contribution >= 0.6 is 0 Å². The molecule has 0 aliphatic heterocycles. The van der Waals surface area contributed by atoms with Gasteiger partial charge in [0, 0.05) is 12.4 Å². The third-order valence-corrected chi connectivity index (χ3v) is 3.65. The maximum atomic E-state index is 11.9. The summed E-state index contributed by atoms with van der Waals surface area (Å²) in [7, 11) is 0. The molecular formula is C12H19N3O2. The van der Waals surface area contributed by atoms with Crippen molar-refractivity contribution in [2.24, 2.45) is 5.92 Å². The number of hydrogen-bond donors (Lipinski definition) is 2. The van der Waals surface area contributed by atoms with Gasteiger partial charge >= 0.3 is 6.03 Å². The van der Waals surface area contributed by atoms with Gasteiger partial charge in [-0.25, -0.2) is 9.78 Å². The Bertz CT molecular complexity index is 367. The zero-order chi connectivity index (χ0) is 12.3. The Kier molecular flexibility index (Phi) is 3.47. The molecule has 0 aromatic carbocycles. The molecule has 0 bridgehead atoms. The Hall–Kier alpha value is -1.36. The number of aromatic nitrogens is 2. The molecule has 0 radical (unpaired) electrons. The molecule has 1 heterocycles. The molecule has 2 N–H and O–H groups in total. The van der Waals surface area contributed by atoms with Crippen LogP contribution in [0.4, 0.5) is 4.79 Å². The van der Waals surface area contributed by atoms with E-state index in [0.717, 1.165) is 25.7 Å². The van der Waals surface area contributed by atoms with Crippen molar-refractivity contribution >= 4 is 6.03 Å². The van der Waals surface area contributed by atoms with E-state index in [1.165, 1.54) is 10.9 Å². The first-order chi connectivity index (χ1) is 8.15. The average molecular weight is 237 g/mol. The van der Waals surface area contributed by atoms with Crippen LogP contribution < -0.4 is 5.32 Å². The smallest absolute Gasteiger partial charge is 0.327 e. The summed E-state index contributed by atoms with van der Waals surface area (Å²) in [5.41, 5.74) is -0.451. The Morgan fingerprint density at radius 2 is 2.29 bits per heavy atom. The highest BCUT2D eigenvalue weighted by molar-refractivity contribution is 5.77. The number of nitrogens with zero attached hydrogens (tertiary/aromatic N) is 2. The van der Waals surface area contributed by atoms with Gasteiger partial charge in [-0.05, 0) is 31.6 Å². The average Bonchev–Trinajstić information content (AvgIpc) is 2.86. The van der Waals surface area contributed by atoms with Gasteiger partial charge in [-0.3, -0.25) is 4.57 Å². The predicted molar refractivity (Wildman–Crippen MR) is 63.6 cm³/mol. The maximum Gasteiger partial charge on any atom is 0.327 e. The standard InChI is InChI=1S/C12H19N3O2/c1-10-2-4-12(8-16,5-3-10)14-11(17)15-7-6-13-9-15/h6-7,9-10,16H,2-5,8H2,1H3,(H,14,17). The van der Waals surface area contributed by atoms with Crippen molar-refractivity contribution in [3.8, 4) is 0 Å². The minimum atomic E-state index is -0.451. The van der Waals surface area contributed by atoms with Crippen LogP contribution in [0.2, 0.25) is 0 Å². The number of nitrogens with one attached hydrogen (secondary N) is 1. The summed E-state index contributed by atoms with van der Waals surface area (Å²) in [6, 6.07) is -0.217. The highest BCUT2D eigenvalue weighted by atomic mass is 16.3. The lowest BCUT2D eigenvalue weighted by atomic mass is 9.77. The summed E-state index contributed by atoms with van der Waals surface area (Å²) >= 11 is 0. The summed E-state index contributed by atoms with van der Waals surface area (Å²) in [6.45, 7) is 2.21. The van der Waals surface area contributed by atoms with Crippen LogP contribution in [0.3, 0.4) is 0 Å². The minimum Gasteiger partial charge on any atom is -0.394 e. The topological polar surface area (TPSA) is 67.2 Å². The van der Waals surface area contributed by atoms with Crippen molar-refractivity contribution in [1.82, 2.24) is 14.9 Å². The molecule has 5 nitrogen and oxygen atoms in total. The quantitative estimate of drug-likeness (QED) is 0.816. The van der Waals surface area contributed by atoms with Crippen LogP contribution in [0.1, 0.15) is 32.6 Å². The lowest BCUT2D eigenvalue weighted by molar-refractivity contribution is 0.111. The number of aliphatic hydroxyl groups excluding tert-OH is 1. The molecule has 17 heavy (non-hydrogen) atoms. The van der Waals surface area contributed by atoms with Crippen molar-refractivity contribution in [3.63, 3.8) is 0 Å². The van der Waals surface area contributed by atoms with E-state index in [1.54, 1.807) is 12.4 Å². The molecule has 1 aliphatic carbocycles. The molecule has 1 aromatic rings. The number of carbonyl (C=O) groups excluding carboxylic acids is 1. The van der Waals surface area contributed by atoms with Crippen LogP contribution in [0.25, 0.3) is 0 Å². The molecule has 1 fully saturated rings. The second-order valence-electron chi connectivity index (χ2n) is 5.02. The van der Waals surface area contributed by atoms with Crippen molar-refractivity contribution in [1.29, 1.82) is 0 Å². The number of rotatable bonds is 2. The fourth-order valence-corrected chi connectivity index (χ4v) is 2.31. The molecule has 0 atom stereocenters. The number of aliphatic hydroxyl groups is 1. The lowest BCUT2D eigenvalue weighted by Gasteiger charge is -2.38. The second-order valence-corrected chi connectivity index (χ2v) is 5.02.